The lowest BCUT2D eigenvalue weighted by molar-refractivity contribution is -0.136. The normalized spacial score (nSPS) is 33.3. The first-order chi connectivity index (χ1) is 7.12. The minimum Gasteiger partial charge on any atom is -0.339 e. The summed E-state index contributed by atoms with van der Waals surface area (Å²) in [6.45, 7) is 4.22. The van der Waals surface area contributed by atoms with Gasteiger partial charge in [-0.25, -0.2) is 0 Å². The van der Waals surface area contributed by atoms with Crippen LogP contribution in [0.25, 0.3) is 0 Å². The van der Waals surface area contributed by atoms with Gasteiger partial charge in [0.1, 0.15) is 0 Å². The average Bonchev–Trinajstić information content (AvgIpc) is 2.67. The fourth-order valence-corrected chi connectivity index (χ4v) is 3.32. The number of amides is 1. The fraction of sp³-hybridized carbons (Fsp3) is 0.900. The number of hydrogen-bond acceptors (Lipinski definition) is 3. The summed E-state index contributed by atoms with van der Waals surface area (Å²) in [5.41, 5.74) is -0.362. The van der Waals surface area contributed by atoms with Gasteiger partial charge in [0.05, 0.1) is 5.54 Å². The molecule has 0 aromatic heterocycles. The van der Waals surface area contributed by atoms with Crippen molar-refractivity contribution in [2.75, 3.05) is 31.1 Å². The number of carbonyl (C=O) groups is 1. The van der Waals surface area contributed by atoms with Gasteiger partial charge in [0.25, 0.3) is 0 Å². The van der Waals surface area contributed by atoms with Crippen LogP contribution in [0.2, 0.25) is 0 Å². The maximum Gasteiger partial charge on any atom is 0.242 e. The van der Waals surface area contributed by atoms with Crippen molar-refractivity contribution in [3.05, 3.63) is 0 Å². The molecule has 1 unspecified atom stereocenters. The van der Waals surface area contributed by atoms with Gasteiger partial charge in [0.2, 0.25) is 5.91 Å². The van der Waals surface area contributed by atoms with Crippen molar-refractivity contribution >= 4 is 16.7 Å². The number of nitrogens with one attached hydrogen (secondary N) is 1. The van der Waals surface area contributed by atoms with Gasteiger partial charge in [-0.15, -0.1) is 0 Å². The molecule has 2 aliphatic rings. The van der Waals surface area contributed by atoms with Crippen LogP contribution >= 0.6 is 0 Å². The first kappa shape index (κ1) is 11.1. The fourth-order valence-electron chi connectivity index (χ4n) is 2.27. The van der Waals surface area contributed by atoms with Gasteiger partial charge in [-0.05, 0) is 26.3 Å². The molecule has 2 aliphatic heterocycles. The largest absolute Gasteiger partial charge is 0.339 e. The molecule has 1 atom stereocenters. The third kappa shape index (κ3) is 2.23. The van der Waals surface area contributed by atoms with E-state index in [1.165, 1.54) is 0 Å². The Hall–Kier alpha value is -0.420. The molecule has 2 saturated heterocycles. The number of hydrogen-bond donors (Lipinski definition) is 1. The van der Waals surface area contributed by atoms with Crippen molar-refractivity contribution < 1.29 is 9.00 Å². The smallest absolute Gasteiger partial charge is 0.242 e. The molecule has 2 fully saturated rings. The number of carbonyl (C=O) groups excluding carboxylic acids is 1. The van der Waals surface area contributed by atoms with Crippen molar-refractivity contribution in [3.8, 4) is 0 Å². The Morgan fingerprint density at radius 1 is 1.40 bits per heavy atom. The molecule has 1 N–H and O–H groups in total. The Bertz CT molecular complexity index is 277. The van der Waals surface area contributed by atoms with E-state index in [1.807, 2.05) is 11.8 Å². The molecule has 0 saturated carbocycles. The molecule has 1 amide bonds. The van der Waals surface area contributed by atoms with Gasteiger partial charge >= 0.3 is 0 Å². The first-order valence-electron chi connectivity index (χ1n) is 5.51. The summed E-state index contributed by atoms with van der Waals surface area (Å²) in [7, 11) is -0.707. The standard InChI is InChI=1S/C10H18N2O2S/c1-10(3-2-4-11-10)9(13)12-5-7-15(14)8-6-12/h11H,2-8H2,1H3. The summed E-state index contributed by atoms with van der Waals surface area (Å²) in [5, 5.41) is 3.27. The molecule has 2 heterocycles. The van der Waals surface area contributed by atoms with Crippen LogP contribution in [-0.2, 0) is 15.6 Å². The quantitative estimate of drug-likeness (QED) is 0.674. The van der Waals surface area contributed by atoms with Crippen LogP contribution in [0, 0.1) is 0 Å². The van der Waals surface area contributed by atoms with E-state index in [-0.39, 0.29) is 11.4 Å². The summed E-state index contributed by atoms with van der Waals surface area (Å²) in [5.74, 6) is 1.47. The molecule has 0 aromatic rings. The number of nitrogens with zero attached hydrogens (tertiary/aromatic N) is 1. The van der Waals surface area contributed by atoms with E-state index in [4.69, 9.17) is 0 Å². The van der Waals surface area contributed by atoms with E-state index in [0.717, 1.165) is 19.4 Å². The van der Waals surface area contributed by atoms with E-state index >= 15 is 0 Å². The van der Waals surface area contributed by atoms with Crippen molar-refractivity contribution in [2.45, 2.75) is 25.3 Å². The molecular formula is C10H18N2O2S. The predicted octanol–water partition coefficient (Wildman–Crippen LogP) is -0.281. The third-order valence-corrected chi connectivity index (χ3v) is 4.58. The van der Waals surface area contributed by atoms with Crippen molar-refractivity contribution in [2.24, 2.45) is 0 Å². The molecule has 2 rings (SSSR count). The Labute approximate surface area is 92.9 Å². The van der Waals surface area contributed by atoms with Crippen molar-refractivity contribution in [1.29, 1.82) is 0 Å². The second-order valence-corrected chi connectivity index (χ2v) is 6.20. The van der Waals surface area contributed by atoms with E-state index in [9.17, 15) is 9.00 Å². The Balaban J connectivity index is 1.98. The highest BCUT2D eigenvalue weighted by atomic mass is 32.2. The zero-order valence-corrected chi connectivity index (χ0v) is 9.94. The van der Waals surface area contributed by atoms with E-state index in [2.05, 4.69) is 5.32 Å². The lowest BCUT2D eigenvalue weighted by Gasteiger charge is -2.34. The lowest BCUT2D eigenvalue weighted by Crippen LogP contribution is -2.55. The Morgan fingerprint density at radius 3 is 2.60 bits per heavy atom. The summed E-state index contributed by atoms with van der Waals surface area (Å²) >= 11 is 0. The average molecular weight is 230 g/mol. The molecule has 0 aliphatic carbocycles. The summed E-state index contributed by atoms with van der Waals surface area (Å²) in [6.07, 6.45) is 1.99. The van der Waals surface area contributed by atoms with E-state index < -0.39 is 10.8 Å². The van der Waals surface area contributed by atoms with E-state index in [0.29, 0.717) is 24.6 Å². The Kier molecular flexibility index (Phi) is 3.11. The van der Waals surface area contributed by atoms with Gasteiger partial charge in [-0.1, -0.05) is 0 Å². The Morgan fingerprint density at radius 2 is 2.07 bits per heavy atom. The maximum absolute atomic E-state index is 12.2. The highest BCUT2D eigenvalue weighted by molar-refractivity contribution is 7.85. The van der Waals surface area contributed by atoms with Crippen molar-refractivity contribution in [1.82, 2.24) is 10.2 Å². The molecule has 15 heavy (non-hydrogen) atoms. The second-order valence-electron chi connectivity index (χ2n) is 4.50. The second kappa shape index (κ2) is 4.22. The maximum atomic E-state index is 12.2. The van der Waals surface area contributed by atoms with Gasteiger partial charge < -0.3 is 10.2 Å². The molecular weight excluding hydrogens is 212 g/mol. The minimum atomic E-state index is -0.707. The molecule has 0 spiro atoms. The molecule has 86 valence electrons. The SMILES string of the molecule is CC1(C(=O)N2CCS(=O)CC2)CCCN1. The zero-order valence-electron chi connectivity index (χ0n) is 9.12. The summed E-state index contributed by atoms with van der Waals surface area (Å²) in [4.78, 5) is 14.1. The zero-order chi connectivity index (χ0) is 10.9. The van der Waals surface area contributed by atoms with Crippen molar-refractivity contribution in [3.63, 3.8) is 0 Å². The van der Waals surface area contributed by atoms with Crippen LogP contribution in [0.4, 0.5) is 0 Å². The van der Waals surface area contributed by atoms with Gasteiger partial charge in [-0.2, -0.15) is 0 Å². The monoisotopic (exact) mass is 230 g/mol. The third-order valence-electron chi connectivity index (χ3n) is 3.31. The molecule has 0 radical (unpaired) electrons. The van der Waals surface area contributed by atoms with Crippen LogP contribution in [0.15, 0.2) is 0 Å². The van der Waals surface area contributed by atoms with Crippen LogP contribution in [-0.4, -0.2) is 51.7 Å². The highest BCUT2D eigenvalue weighted by Crippen LogP contribution is 2.21. The minimum absolute atomic E-state index is 0.191. The first-order valence-corrected chi connectivity index (χ1v) is 7.00. The van der Waals surface area contributed by atoms with Gasteiger partial charge in [-0.3, -0.25) is 9.00 Å². The lowest BCUT2D eigenvalue weighted by atomic mass is 9.98. The van der Waals surface area contributed by atoms with Crippen LogP contribution < -0.4 is 5.32 Å². The van der Waals surface area contributed by atoms with Crippen LogP contribution in [0.3, 0.4) is 0 Å². The van der Waals surface area contributed by atoms with Gasteiger partial charge in [0, 0.05) is 35.4 Å². The predicted molar refractivity (Wildman–Crippen MR) is 60.1 cm³/mol. The molecule has 0 bridgehead atoms. The summed E-state index contributed by atoms with van der Waals surface area (Å²) in [6, 6.07) is 0. The highest BCUT2D eigenvalue weighted by Gasteiger charge is 2.39. The number of rotatable bonds is 1. The molecule has 4 nitrogen and oxygen atoms in total. The molecule has 5 heteroatoms. The van der Waals surface area contributed by atoms with E-state index in [1.54, 1.807) is 0 Å². The van der Waals surface area contributed by atoms with Crippen LogP contribution in [0.1, 0.15) is 19.8 Å². The summed E-state index contributed by atoms with van der Waals surface area (Å²) < 4.78 is 11.2. The molecule has 0 aromatic carbocycles. The van der Waals surface area contributed by atoms with Gasteiger partial charge in [0.15, 0.2) is 0 Å². The van der Waals surface area contributed by atoms with Crippen LogP contribution in [0.5, 0.6) is 0 Å². The topological polar surface area (TPSA) is 49.4 Å².